The van der Waals surface area contributed by atoms with E-state index in [1.54, 1.807) is 30.5 Å². The number of anilines is 1. The summed E-state index contributed by atoms with van der Waals surface area (Å²) in [6, 6.07) is 12.7. The van der Waals surface area contributed by atoms with Gasteiger partial charge in [0, 0.05) is 43.0 Å². The summed E-state index contributed by atoms with van der Waals surface area (Å²) in [6.07, 6.45) is 1.79. The minimum absolute atomic E-state index is 0.354. The van der Waals surface area contributed by atoms with Crippen LogP contribution in [0.15, 0.2) is 58.3 Å². The molecular formula is C21H30F2N5PS2. The van der Waals surface area contributed by atoms with Crippen molar-refractivity contribution >= 4 is 47.6 Å². The number of nitrogens with zero attached hydrogens (tertiary/aromatic N) is 4. The molecule has 0 aliphatic carbocycles. The number of benzene rings is 1. The molecule has 1 aromatic heterocycles. The van der Waals surface area contributed by atoms with E-state index >= 15 is 0 Å². The second-order valence-electron chi connectivity index (χ2n) is 6.47. The third kappa shape index (κ3) is 6.56. The van der Waals surface area contributed by atoms with E-state index in [2.05, 4.69) is 42.4 Å². The SMILES string of the molecule is CCN(CC)P(=NC(=S)Nc1ccc(SC(F)F)cc1)(c1ccccn1)N(CC)CC. The summed E-state index contributed by atoms with van der Waals surface area (Å²) in [6.45, 7) is 11.7. The van der Waals surface area contributed by atoms with Crippen molar-refractivity contribution < 1.29 is 8.78 Å². The maximum Gasteiger partial charge on any atom is 0.288 e. The summed E-state index contributed by atoms with van der Waals surface area (Å²) in [7, 11) is -2.42. The Balaban J connectivity index is 2.50. The first-order valence-corrected chi connectivity index (χ1v) is 13.2. The Morgan fingerprint density at radius 1 is 1.03 bits per heavy atom. The number of nitrogens with one attached hydrogen (secondary N) is 1. The molecule has 0 bridgehead atoms. The summed E-state index contributed by atoms with van der Waals surface area (Å²) in [5.41, 5.74) is 1.63. The molecule has 0 aliphatic rings. The Bertz CT molecular complexity index is 857. The molecule has 31 heavy (non-hydrogen) atoms. The predicted octanol–water partition coefficient (Wildman–Crippen LogP) is 6.13. The van der Waals surface area contributed by atoms with Crippen molar-refractivity contribution in [2.45, 2.75) is 38.3 Å². The highest BCUT2D eigenvalue weighted by Gasteiger charge is 2.35. The van der Waals surface area contributed by atoms with Gasteiger partial charge in [-0.3, -0.25) is 14.3 Å². The number of pyridine rings is 1. The zero-order valence-corrected chi connectivity index (χ0v) is 20.9. The van der Waals surface area contributed by atoms with Gasteiger partial charge in [-0.05, 0) is 48.6 Å². The van der Waals surface area contributed by atoms with Gasteiger partial charge in [-0.15, -0.1) is 0 Å². The van der Waals surface area contributed by atoms with Gasteiger partial charge in [0.1, 0.15) is 5.44 Å². The Hall–Kier alpha value is -1.38. The topological polar surface area (TPSA) is 43.8 Å². The van der Waals surface area contributed by atoms with Gasteiger partial charge < -0.3 is 5.32 Å². The molecule has 0 unspecified atom stereocenters. The first kappa shape index (κ1) is 25.9. The molecular weight excluding hydrogens is 455 g/mol. The molecule has 0 fully saturated rings. The van der Waals surface area contributed by atoms with Crippen LogP contribution in [0.2, 0.25) is 0 Å². The van der Waals surface area contributed by atoms with Crippen LogP contribution in [0.3, 0.4) is 0 Å². The van der Waals surface area contributed by atoms with Crippen molar-refractivity contribution in [1.82, 2.24) is 14.3 Å². The van der Waals surface area contributed by atoms with Gasteiger partial charge in [0.25, 0.3) is 5.76 Å². The van der Waals surface area contributed by atoms with Crippen LogP contribution < -0.4 is 10.8 Å². The lowest BCUT2D eigenvalue weighted by Crippen LogP contribution is -2.39. The Morgan fingerprint density at radius 2 is 1.61 bits per heavy atom. The largest absolute Gasteiger partial charge is 0.331 e. The first-order chi connectivity index (χ1) is 14.9. The summed E-state index contributed by atoms with van der Waals surface area (Å²) in [5.74, 6) is -2.44. The number of aromatic nitrogens is 1. The average Bonchev–Trinajstić information content (AvgIpc) is 2.76. The van der Waals surface area contributed by atoms with Crippen molar-refractivity contribution in [1.29, 1.82) is 0 Å². The summed E-state index contributed by atoms with van der Waals surface area (Å²) >= 11 is 6.18. The number of hydrogen-bond donors (Lipinski definition) is 1. The fourth-order valence-electron chi connectivity index (χ4n) is 3.41. The molecule has 0 amide bonds. The van der Waals surface area contributed by atoms with Gasteiger partial charge >= 0.3 is 0 Å². The minimum atomic E-state index is -2.44. The standard InChI is InChI=1S/C21H30F2N5PS2/c1-5-27(6-2)29(28(7-3)8-4,19-11-9-10-16-24-19)26-21(30)25-17-12-14-18(15-13-17)31-20(22)23/h9-16,20H,5-8H2,1-4H3,(H,25,30). The van der Waals surface area contributed by atoms with Crippen molar-refractivity contribution in [3.63, 3.8) is 0 Å². The number of thiocarbonyl (C=S) groups is 1. The quantitative estimate of drug-likeness (QED) is 0.248. The maximum atomic E-state index is 12.6. The molecule has 10 heteroatoms. The highest BCUT2D eigenvalue weighted by atomic mass is 32.2. The van der Waals surface area contributed by atoms with E-state index < -0.39 is 13.1 Å². The maximum absolute atomic E-state index is 12.6. The molecule has 1 heterocycles. The van der Waals surface area contributed by atoms with Crippen molar-refractivity contribution in [2.24, 2.45) is 4.74 Å². The Kier molecular flexibility index (Phi) is 10.5. The second kappa shape index (κ2) is 12.6. The summed E-state index contributed by atoms with van der Waals surface area (Å²) in [4.78, 5) is 5.20. The highest BCUT2D eigenvalue weighted by molar-refractivity contribution is 7.99. The molecule has 0 atom stereocenters. The molecule has 0 saturated carbocycles. The van der Waals surface area contributed by atoms with E-state index in [-0.39, 0.29) is 0 Å². The minimum Gasteiger partial charge on any atom is -0.331 e. The van der Waals surface area contributed by atoms with E-state index in [4.69, 9.17) is 21.9 Å². The van der Waals surface area contributed by atoms with Crippen LogP contribution in [0.1, 0.15) is 27.7 Å². The lowest BCUT2D eigenvalue weighted by atomic mass is 10.3. The van der Waals surface area contributed by atoms with Crippen molar-refractivity contribution in [3.8, 4) is 0 Å². The zero-order valence-electron chi connectivity index (χ0n) is 18.3. The van der Waals surface area contributed by atoms with Gasteiger partial charge in [-0.25, -0.2) is 4.74 Å². The number of rotatable bonds is 10. The van der Waals surface area contributed by atoms with Crippen LogP contribution in [-0.2, 0) is 0 Å². The number of thioether (sulfide) groups is 1. The predicted molar refractivity (Wildman–Crippen MR) is 134 cm³/mol. The van der Waals surface area contributed by atoms with Crippen molar-refractivity contribution in [3.05, 3.63) is 48.7 Å². The molecule has 2 aromatic rings. The fraction of sp³-hybridized carbons (Fsp3) is 0.429. The molecule has 2 rings (SSSR count). The van der Waals surface area contributed by atoms with Crippen molar-refractivity contribution in [2.75, 3.05) is 31.5 Å². The molecule has 0 saturated heterocycles. The fourth-order valence-corrected chi connectivity index (χ4v) is 8.05. The van der Waals surface area contributed by atoms with Gasteiger partial charge in [0.2, 0.25) is 0 Å². The van der Waals surface area contributed by atoms with E-state index in [1.165, 1.54) is 0 Å². The van der Waals surface area contributed by atoms with Gasteiger partial charge in [-0.1, -0.05) is 45.5 Å². The van der Waals surface area contributed by atoms with Gasteiger partial charge in [-0.2, -0.15) is 8.78 Å². The van der Waals surface area contributed by atoms with Crippen LogP contribution in [0, 0.1) is 0 Å². The first-order valence-electron chi connectivity index (χ1n) is 10.3. The monoisotopic (exact) mass is 485 g/mol. The van der Waals surface area contributed by atoms with Crippen LogP contribution in [-0.4, -0.2) is 51.4 Å². The van der Waals surface area contributed by atoms with Crippen LogP contribution in [0.5, 0.6) is 0 Å². The van der Waals surface area contributed by atoms with Gasteiger partial charge in [0.05, 0.1) is 0 Å². The smallest absolute Gasteiger partial charge is 0.288 e. The average molecular weight is 486 g/mol. The third-order valence-electron chi connectivity index (χ3n) is 4.77. The summed E-state index contributed by atoms with van der Waals surface area (Å²) < 4.78 is 34.9. The van der Waals surface area contributed by atoms with Crippen LogP contribution in [0.4, 0.5) is 14.5 Å². The van der Waals surface area contributed by atoms with Crippen LogP contribution in [0.25, 0.3) is 0 Å². The van der Waals surface area contributed by atoms with Crippen LogP contribution >= 0.6 is 31.3 Å². The molecule has 0 aliphatic heterocycles. The van der Waals surface area contributed by atoms with E-state index in [1.807, 2.05) is 18.2 Å². The molecule has 0 radical (unpaired) electrons. The molecule has 1 N–H and O–H groups in total. The number of hydrogen-bond acceptors (Lipinski definition) is 3. The number of halogens is 2. The zero-order chi connectivity index (χ0) is 22.9. The number of alkyl halides is 2. The molecule has 1 aromatic carbocycles. The highest BCUT2D eigenvalue weighted by Crippen LogP contribution is 2.54. The Morgan fingerprint density at radius 3 is 2.06 bits per heavy atom. The molecule has 5 nitrogen and oxygen atoms in total. The normalized spacial score (nSPS) is 11.9. The molecule has 170 valence electrons. The third-order valence-corrected chi connectivity index (χ3v) is 9.88. The second-order valence-corrected chi connectivity index (χ2v) is 10.8. The van der Waals surface area contributed by atoms with E-state index in [0.29, 0.717) is 27.5 Å². The lowest BCUT2D eigenvalue weighted by molar-refractivity contribution is 0.252. The Labute approximate surface area is 193 Å². The van der Waals surface area contributed by atoms with E-state index in [9.17, 15) is 8.78 Å². The summed E-state index contributed by atoms with van der Waals surface area (Å²) in [5, 5.41) is 3.52. The lowest BCUT2D eigenvalue weighted by Gasteiger charge is -2.42. The van der Waals surface area contributed by atoms with Gasteiger partial charge in [0.15, 0.2) is 12.5 Å². The van der Waals surface area contributed by atoms with E-state index in [0.717, 1.165) is 31.6 Å². The molecule has 0 spiro atoms.